The molecule has 66 heavy (non-hydrogen) atoms. The van der Waals surface area contributed by atoms with Crippen molar-refractivity contribution in [1.29, 1.82) is 0 Å². The van der Waals surface area contributed by atoms with Crippen LogP contribution in [-0.4, -0.2) is 107 Å². The standard InChI is InChI=1S/C50H56N8O2S6/c61-45-51-27-43(15-7-9-25-59-35-41-11-3-1-4-12-41)28-52-46(62)56-32-38-19-23-40(24-20-38)34-58-48(64)54-30-44(16-8-10-26-60-36-42-13-5-2-6-14-42)29-53-47(63)57(66(58)50(53)54)33-39-21-17-37(18-22-39)31-55(45)65(56)49(51)52/h1-6,11-14,17-24,43-44H,7-10,15-16,25-36H2. The second kappa shape index (κ2) is 19.5. The predicted octanol–water partition coefficient (Wildman–Crippen LogP) is 9.42. The van der Waals surface area contributed by atoms with Gasteiger partial charge in [0, 0.05) is 39.4 Å². The average Bonchev–Trinajstić information content (AvgIpc) is 3.98. The number of benzene rings is 4. The lowest BCUT2D eigenvalue weighted by Gasteiger charge is -2.41. The Morgan fingerprint density at radius 3 is 1.02 bits per heavy atom. The molecule has 10 aliphatic rings. The molecule has 0 unspecified atom stereocenters. The molecule has 2 fully saturated rings. The monoisotopic (exact) mass is 992 g/mol. The predicted molar refractivity (Wildman–Crippen MR) is 284 cm³/mol. The summed E-state index contributed by atoms with van der Waals surface area (Å²) in [6, 6.07) is 39.1. The van der Waals surface area contributed by atoms with Gasteiger partial charge in [0.15, 0.2) is 30.7 Å². The third-order valence-electron chi connectivity index (χ3n) is 13.5. The third-order valence-corrected chi connectivity index (χ3v) is 20.1. The SMILES string of the molecule is S=C1N2CC(CCCCOCc3ccccc3)CN3C(=S)N4Cc5ccc(cc5)CN5C(=S)N6CC(CCCCOCc7ccccc7)CN7C(=S)N(Cc8ccc(cc8)CN1S4=C23)S5=C76. The van der Waals surface area contributed by atoms with Crippen LogP contribution >= 0.6 is 70.6 Å². The number of nitrogens with zero attached hydrogens (tertiary/aromatic N) is 8. The van der Waals surface area contributed by atoms with Crippen molar-refractivity contribution in [3.8, 4) is 0 Å². The van der Waals surface area contributed by atoms with Crippen LogP contribution in [0.4, 0.5) is 0 Å². The quantitative estimate of drug-likeness (QED) is 0.0891. The summed E-state index contributed by atoms with van der Waals surface area (Å²) in [6.45, 7) is 9.43. The molecule has 4 aromatic rings. The second-order valence-corrected chi connectivity index (χ2v) is 23.3. The van der Waals surface area contributed by atoms with Crippen molar-refractivity contribution >= 4 is 101 Å². The third kappa shape index (κ3) is 8.81. The van der Waals surface area contributed by atoms with Crippen molar-refractivity contribution < 1.29 is 9.47 Å². The van der Waals surface area contributed by atoms with Gasteiger partial charge in [0.1, 0.15) is 0 Å². The van der Waals surface area contributed by atoms with E-state index in [0.717, 1.165) is 98.4 Å². The number of hydrogen-bond acceptors (Lipinski definition) is 6. The molecule has 0 radical (unpaired) electrons. The van der Waals surface area contributed by atoms with Crippen LogP contribution < -0.4 is 0 Å². The van der Waals surface area contributed by atoms with Crippen molar-refractivity contribution in [3.05, 3.63) is 143 Å². The van der Waals surface area contributed by atoms with E-state index >= 15 is 0 Å². The van der Waals surface area contributed by atoms with Crippen molar-refractivity contribution in [2.75, 3.05) is 39.4 Å². The summed E-state index contributed by atoms with van der Waals surface area (Å²) in [5.41, 5.74) is 7.38. The van der Waals surface area contributed by atoms with Gasteiger partial charge in [0.05, 0.1) is 61.1 Å². The number of ether oxygens (including phenoxy) is 2. The molecule has 10 aliphatic heterocycles. The highest BCUT2D eigenvalue weighted by Crippen LogP contribution is 2.49. The van der Waals surface area contributed by atoms with Gasteiger partial charge in [-0.2, -0.15) is 0 Å². The zero-order valence-electron chi connectivity index (χ0n) is 37.1. The van der Waals surface area contributed by atoms with Crippen molar-refractivity contribution in [3.63, 3.8) is 0 Å². The lowest BCUT2D eigenvalue weighted by atomic mass is 9.99. The van der Waals surface area contributed by atoms with Gasteiger partial charge < -0.3 is 9.47 Å². The Labute approximate surface area is 416 Å². The van der Waals surface area contributed by atoms with Gasteiger partial charge in [0.2, 0.25) is 0 Å². The van der Waals surface area contributed by atoms with E-state index in [2.05, 4.69) is 134 Å². The Bertz CT molecular complexity index is 2270. The summed E-state index contributed by atoms with van der Waals surface area (Å²) >= 11 is 25.6. The Hall–Kier alpha value is -4.00. The number of thiocarbonyl (C=S) groups is 4. The van der Waals surface area contributed by atoms with Crippen LogP contribution in [-0.2, 0) is 48.9 Å². The molecule has 0 aliphatic carbocycles. The lowest BCUT2D eigenvalue weighted by Crippen LogP contribution is -2.56. The van der Waals surface area contributed by atoms with Crippen LogP contribution in [0.3, 0.4) is 0 Å². The number of rotatable bonds is 14. The van der Waals surface area contributed by atoms with Crippen LogP contribution in [0.25, 0.3) is 0 Å². The minimum absolute atomic E-state index is 0.430. The summed E-state index contributed by atoms with van der Waals surface area (Å²) in [4.78, 5) is 9.66. The van der Waals surface area contributed by atoms with Crippen LogP contribution in [0, 0.1) is 11.8 Å². The van der Waals surface area contributed by atoms with Gasteiger partial charge in [-0.3, -0.25) is 36.8 Å². The lowest BCUT2D eigenvalue weighted by molar-refractivity contribution is 0.115. The highest BCUT2D eigenvalue weighted by Gasteiger charge is 2.52. The van der Waals surface area contributed by atoms with Crippen molar-refractivity contribution in [1.82, 2.24) is 36.8 Å². The number of unbranched alkanes of at least 4 members (excludes halogenated alkanes) is 2. The van der Waals surface area contributed by atoms with E-state index in [0.29, 0.717) is 51.2 Å². The molecular formula is C50H56N8O2S6. The van der Waals surface area contributed by atoms with E-state index in [-0.39, 0.29) is 0 Å². The first kappa shape index (κ1) is 44.5. The molecule has 0 saturated carbocycles. The molecule has 10 heterocycles. The fraction of sp³-hybridized carbons (Fsp3) is 0.400. The van der Waals surface area contributed by atoms with Crippen LogP contribution in [0.5, 0.6) is 0 Å². The molecule has 0 aromatic heterocycles. The smallest absolute Gasteiger partial charge is 0.189 e. The largest absolute Gasteiger partial charge is 0.377 e. The van der Waals surface area contributed by atoms with Crippen LogP contribution in [0.15, 0.2) is 109 Å². The van der Waals surface area contributed by atoms with Gasteiger partial charge in [-0.1, -0.05) is 122 Å². The fourth-order valence-corrected chi connectivity index (χ4v) is 16.8. The Kier molecular flexibility index (Phi) is 13.2. The molecule has 0 atom stereocenters. The summed E-state index contributed by atoms with van der Waals surface area (Å²) in [5.74, 6) is 0.912. The van der Waals surface area contributed by atoms with Gasteiger partial charge in [-0.15, -0.1) is 0 Å². The first-order chi connectivity index (χ1) is 32.4. The normalized spacial score (nSPS) is 21.6. The van der Waals surface area contributed by atoms with Crippen molar-refractivity contribution in [2.24, 2.45) is 11.8 Å². The topological polar surface area (TPSA) is 44.4 Å². The average molecular weight is 993 g/mol. The minimum Gasteiger partial charge on any atom is -0.377 e. The molecule has 4 bridgehead atoms. The fourth-order valence-electron chi connectivity index (χ4n) is 10.1. The Morgan fingerprint density at radius 1 is 0.409 bits per heavy atom. The molecule has 4 aromatic carbocycles. The molecule has 16 heteroatoms. The maximum atomic E-state index is 6.41. The summed E-state index contributed by atoms with van der Waals surface area (Å²) in [7, 11) is -0.861. The van der Waals surface area contributed by atoms with Gasteiger partial charge in [-0.25, -0.2) is 0 Å². The molecule has 14 rings (SSSR count). The maximum Gasteiger partial charge on any atom is 0.189 e. The number of hydrogen-bond donors (Lipinski definition) is 0. The van der Waals surface area contributed by atoms with E-state index in [1.165, 1.54) is 43.6 Å². The van der Waals surface area contributed by atoms with E-state index in [4.69, 9.17) is 58.3 Å². The minimum atomic E-state index is -0.430. The highest BCUT2D eigenvalue weighted by molar-refractivity contribution is 8.15. The van der Waals surface area contributed by atoms with Gasteiger partial charge in [-0.05, 0) is 120 Å². The molecule has 344 valence electrons. The zero-order valence-corrected chi connectivity index (χ0v) is 42.0. The zero-order chi connectivity index (χ0) is 44.7. The maximum absolute atomic E-state index is 6.41. The second-order valence-electron chi connectivity index (χ2n) is 18.2. The van der Waals surface area contributed by atoms with Gasteiger partial charge >= 0.3 is 0 Å². The molecule has 0 N–H and O–H groups in total. The van der Waals surface area contributed by atoms with Gasteiger partial charge in [0.25, 0.3) is 0 Å². The molecule has 10 nitrogen and oxygen atoms in total. The van der Waals surface area contributed by atoms with Crippen LogP contribution in [0.2, 0.25) is 0 Å². The highest BCUT2D eigenvalue weighted by atomic mass is 32.2. The molecule has 2 saturated heterocycles. The summed E-state index contributed by atoms with van der Waals surface area (Å²) < 4.78 is 21.8. The first-order valence-corrected chi connectivity index (χ1v) is 27.3. The van der Waals surface area contributed by atoms with E-state index < -0.39 is 21.7 Å². The molecular weight excluding hydrogens is 937 g/mol. The first-order valence-electron chi connectivity index (χ1n) is 23.4. The molecule has 0 spiro atoms. The van der Waals surface area contributed by atoms with E-state index in [1.807, 2.05) is 12.1 Å². The summed E-state index contributed by atoms with van der Waals surface area (Å²) in [6.07, 6.45) is 6.53. The Morgan fingerprint density at radius 2 is 0.712 bits per heavy atom. The van der Waals surface area contributed by atoms with Crippen LogP contribution in [0.1, 0.15) is 71.9 Å². The van der Waals surface area contributed by atoms with Crippen molar-refractivity contribution in [2.45, 2.75) is 77.9 Å². The van der Waals surface area contributed by atoms with E-state index in [9.17, 15) is 0 Å². The summed E-state index contributed by atoms with van der Waals surface area (Å²) in [5, 5.41) is 6.14. The van der Waals surface area contributed by atoms with E-state index in [1.54, 1.807) is 0 Å². The Balaban J connectivity index is 0.796. The molecule has 0 amide bonds.